The lowest BCUT2D eigenvalue weighted by Gasteiger charge is -2.37. The summed E-state index contributed by atoms with van der Waals surface area (Å²) in [5.74, 6) is 1.28. The van der Waals surface area contributed by atoms with Gasteiger partial charge >= 0.3 is 0 Å². The summed E-state index contributed by atoms with van der Waals surface area (Å²) in [6, 6.07) is 10.5. The molecule has 1 aliphatic rings. The van der Waals surface area contributed by atoms with Crippen molar-refractivity contribution >= 4 is 8.07 Å². The van der Waals surface area contributed by atoms with Crippen LogP contribution in [-0.2, 0) is 11.3 Å². The van der Waals surface area contributed by atoms with E-state index in [0.717, 1.165) is 19.4 Å². The van der Waals surface area contributed by atoms with Crippen LogP contribution in [0.3, 0.4) is 0 Å². The van der Waals surface area contributed by atoms with E-state index in [1.165, 1.54) is 18.4 Å². The maximum absolute atomic E-state index is 5.97. The molecule has 0 bridgehead atoms. The maximum Gasteiger partial charge on any atom is 0.0728 e. The van der Waals surface area contributed by atoms with E-state index in [1.807, 2.05) is 6.07 Å². The fourth-order valence-corrected chi connectivity index (χ4v) is 7.04. The Morgan fingerprint density at radius 2 is 1.93 bits per heavy atom. The normalized spacial score (nSPS) is 25.4. The number of hydrogen-bond donors (Lipinski definition) is 0. The van der Waals surface area contributed by atoms with Gasteiger partial charge in [-0.2, -0.15) is 0 Å². The fourth-order valence-electron chi connectivity index (χ4n) is 4.98. The molecule has 0 unspecified atom stereocenters. The molecule has 1 saturated carbocycles. The molecule has 1 fully saturated rings. The summed E-state index contributed by atoms with van der Waals surface area (Å²) >= 11 is 0. The zero-order valence-electron chi connectivity index (χ0n) is 18.8. The van der Waals surface area contributed by atoms with Crippen LogP contribution in [0.15, 0.2) is 66.4 Å². The smallest absolute Gasteiger partial charge is 0.0728 e. The Bertz CT molecular complexity index is 682. The molecule has 1 aliphatic carbocycles. The first-order chi connectivity index (χ1) is 13.2. The molecule has 0 aliphatic heterocycles. The fraction of sp³-hybridized carbons (Fsp3) is 0.538. The number of allylic oxidation sites excluding steroid dienone is 4. The molecule has 1 aromatic carbocycles. The molecular weight excluding hydrogens is 356 g/mol. The molecule has 2 heteroatoms. The Hall–Kier alpha value is -1.38. The van der Waals surface area contributed by atoms with Gasteiger partial charge in [-0.05, 0) is 43.1 Å². The number of benzene rings is 1. The van der Waals surface area contributed by atoms with Crippen LogP contribution in [0.5, 0.6) is 0 Å². The molecule has 0 aromatic heterocycles. The average molecular weight is 397 g/mol. The Morgan fingerprint density at radius 1 is 1.25 bits per heavy atom. The number of rotatable bonds is 10. The molecule has 0 N–H and O–H groups in total. The summed E-state index contributed by atoms with van der Waals surface area (Å²) in [6.45, 7) is 22.1. The van der Waals surface area contributed by atoms with Crippen molar-refractivity contribution in [1.29, 1.82) is 0 Å². The van der Waals surface area contributed by atoms with Gasteiger partial charge in [0.2, 0.25) is 0 Å². The first kappa shape index (κ1) is 22.9. The lowest BCUT2D eigenvalue weighted by Crippen LogP contribution is -2.32. The zero-order chi connectivity index (χ0) is 20.8. The average Bonchev–Trinajstić information content (AvgIpc) is 3.00. The van der Waals surface area contributed by atoms with Crippen LogP contribution in [0.4, 0.5) is 0 Å². The van der Waals surface area contributed by atoms with Crippen LogP contribution in [0.1, 0.15) is 45.1 Å². The van der Waals surface area contributed by atoms with Crippen LogP contribution >= 0.6 is 0 Å². The Labute approximate surface area is 174 Å². The Morgan fingerprint density at radius 3 is 2.50 bits per heavy atom. The van der Waals surface area contributed by atoms with Gasteiger partial charge in [0, 0.05) is 12.0 Å². The zero-order valence-corrected chi connectivity index (χ0v) is 19.8. The van der Waals surface area contributed by atoms with Crippen molar-refractivity contribution in [3.63, 3.8) is 0 Å². The quantitative estimate of drug-likeness (QED) is 0.225. The molecular formula is C26H40OSi. The van der Waals surface area contributed by atoms with Crippen molar-refractivity contribution in [1.82, 2.24) is 0 Å². The van der Waals surface area contributed by atoms with Gasteiger partial charge in [-0.1, -0.05) is 86.7 Å². The first-order valence-corrected chi connectivity index (χ1v) is 14.3. The minimum atomic E-state index is -1.37. The highest BCUT2D eigenvalue weighted by atomic mass is 28.3. The van der Waals surface area contributed by atoms with Gasteiger partial charge < -0.3 is 4.74 Å². The van der Waals surface area contributed by atoms with Crippen molar-refractivity contribution in [2.24, 2.45) is 17.3 Å². The summed E-state index contributed by atoms with van der Waals surface area (Å²) < 4.78 is 5.97. The van der Waals surface area contributed by atoms with Gasteiger partial charge in [-0.15, -0.1) is 13.2 Å². The highest BCUT2D eigenvalue weighted by Crippen LogP contribution is 2.54. The largest absolute Gasteiger partial charge is 0.377 e. The van der Waals surface area contributed by atoms with Crippen molar-refractivity contribution in [2.75, 3.05) is 6.61 Å². The lowest BCUT2D eigenvalue weighted by atomic mass is 9.70. The van der Waals surface area contributed by atoms with Crippen molar-refractivity contribution in [2.45, 2.75) is 65.8 Å². The van der Waals surface area contributed by atoms with E-state index < -0.39 is 8.07 Å². The SMILES string of the molecule is C=CC/C(=C1\CC[C@H]([C@H](C)CCOCc2ccccc2)[C@@]1(C)C=C)[Si](C)(C)C. The predicted octanol–water partition coefficient (Wildman–Crippen LogP) is 7.58. The molecule has 0 heterocycles. The minimum absolute atomic E-state index is 0.109. The molecule has 0 amide bonds. The van der Waals surface area contributed by atoms with Crippen molar-refractivity contribution in [3.8, 4) is 0 Å². The van der Waals surface area contributed by atoms with E-state index in [9.17, 15) is 0 Å². The van der Waals surface area contributed by atoms with Crippen molar-refractivity contribution in [3.05, 3.63) is 72.0 Å². The maximum atomic E-state index is 5.97. The van der Waals surface area contributed by atoms with E-state index in [4.69, 9.17) is 4.74 Å². The number of ether oxygens (including phenoxy) is 1. The van der Waals surface area contributed by atoms with Crippen molar-refractivity contribution < 1.29 is 4.74 Å². The van der Waals surface area contributed by atoms with Gasteiger partial charge in [-0.25, -0.2) is 0 Å². The topological polar surface area (TPSA) is 9.23 Å². The van der Waals surface area contributed by atoms with E-state index >= 15 is 0 Å². The van der Waals surface area contributed by atoms with E-state index in [0.29, 0.717) is 18.4 Å². The van der Waals surface area contributed by atoms with Gasteiger partial charge in [0.25, 0.3) is 0 Å². The molecule has 28 heavy (non-hydrogen) atoms. The van der Waals surface area contributed by atoms with Crippen LogP contribution in [-0.4, -0.2) is 14.7 Å². The highest BCUT2D eigenvalue weighted by molar-refractivity contribution is 6.83. The monoisotopic (exact) mass is 396 g/mol. The summed E-state index contributed by atoms with van der Waals surface area (Å²) in [6.07, 6.45) is 8.97. The molecule has 3 atom stereocenters. The predicted molar refractivity (Wildman–Crippen MR) is 126 cm³/mol. The summed E-state index contributed by atoms with van der Waals surface area (Å²) in [7, 11) is -1.37. The van der Waals surface area contributed by atoms with E-state index in [2.05, 4.69) is 83.1 Å². The standard InChI is InChI=1S/C26H40OSi/c1-8-13-25(28(5,6)7)24-17-16-23(26(24,4)9-2)21(3)18-19-27-20-22-14-11-10-12-15-22/h8-12,14-15,21,23H,1-2,13,16-20H2,3-7H3/b25-24-/t21-,23-,26-/m1/s1. The third kappa shape index (κ3) is 5.36. The minimum Gasteiger partial charge on any atom is -0.377 e. The van der Waals surface area contributed by atoms with Gasteiger partial charge in [0.15, 0.2) is 0 Å². The second-order valence-electron chi connectivity index (χ2n) is 9.64. The Balaban J connectivity index is 2.06. The van der Waals surface area contributed by atoms with Crippen LogP contribution in [0.2, 0.25) is 19.6 Å². The molecule has 0 spiro atoms. The molecule has 1 nitrogen and oxygen atoms in total. The molecule has 0 saturated heterocycles. The van der Waals surface area contributed by atoms with Gasteiger partial charge in [-0.3, -0.25) is 0 Å². The molecule has 2 rings (SSSR count). The number of hydrogen-bond acceptors (Lipinski definition) is 1. The first-order valence-electron chi connectivity index (χ1n) is 10.8. The van der Waals surface area contributed by atoms with E-state index in [1.54, 1.807) is 10.8 Å². The van der Waals surface area contributed by atoms with Gasteiger partial charge in [0.1, 0.15) is 0 Å². The molecule has 154 valence electrons. The molecule has 0 radical (unpaired) electrons. The second kappa shape index (κ2) is 9.89. The van der Waals surface area contributed by atoms with Gasteiger partial charge in [0.05, 0.1) is 14.7 Å². The van der Waals surface area contributed by atoms with E-state index in [-0.39, 0.29) is 5.41 Å². The van der Waals surface area contributed by atoms with Crippen LogP contribution < -0.4 is 0 Å². The van der Waals surface area contributed by atoms with Crippen LogP contribution in [0.25, 0.3) is 0 Å². The lowest BCUT2D eigenvalue weighted by molar-refractivity contribution is 0.0936. The third-order valence-corrected chi connectivity index (χ3v) is 9.00. The summed E-state index contributed by atoms with van der Waals surface area (Å²) in [5, 5.41) is 1.69. The second-order valence-corrected chi connectivity index (χ2v) is 14.7. The summed E-state index contributed by atoms with van der Waals surface area (Å²) in [5.41, 5.74) is 3.03. The third-order valence-electron chi connectivity index (χ3n) is 6.68. The Kier molecular flexibility index (Phi) is 8.09. The molecule has 1 aromatic rings. The van der Waals surface area contributed by atoms with Crippen LogP contribution in [0, 0.1) is 17.3 Å². The summed E-state index contributed by atoms with van der Waals surface area (Å²) in [4.78, 5) is 0. The highest BCUT2D eigenvalue weighted by Gasteiger charge is 2.45.